The lowest BCUT2D eigenvalue weighted by Crippen LogP contribution is -2.25. The van der Waals surface area contributed by atoms with Crippen molar-refractivity contribution in [3.8, 4) is 0 Å². The van der Waals surface area contributed by atoms with Gasteiger partial charge in [0.2, 0.25) is 0 Å². The summed E-state index contributed by atoms with van der Waals surface area (Å²) in [4.78, 5) is 0. The molecule has 0 saturated carbocycles. The zero-order chi connectivity index (χ0) is 9.80. The van der Waals surface area contributed by atoms with Crippen LogP contribution in [0.5, 0.6) is 0 Å². The van der Waals surface area contributed by atoms with Crippen LogP contribution >= 0.6 is 11.8 Å². The fraction of sp³-hybridized carbons (Fsp3) is 0.500. The summed E-state index contributed by atoms with van der Waals surface area (Å²) >= 11 is 2.06. The molecule has 0 aromatic heterocycles. The molecule has 1 fully saturated rings. The molecule has 1 nitrogen and oxygen atoms in total. The highest BCUT2D eigenvalue weighted by atomic mass is 32.2. The summed E-state index contributed by atoms with van der Waals surface area (Å²) in [6, 6.07) is 11.3. The second-order valence-electron chi connectivity index (χ2n) is 4.01. The largest absolute Gasteiger partial charge is 0.309 e. The van der Waals surface area contributed by atoms with Crippen LogP contribution in [0.4, 0.5) is 0 Å². The molecule has 0 aliphatic carbocycles. The van der Waals surface area contributed by atoms with Gasteiger partial charge in [-0.05, 0) is 23.8 Å². The average Bonchev–Trinajstić information content (AvgIpc) is 2.44. The summed E-state index contributed by atoms with van der Waals surface area (Å²) in [7, 11) is 0. The predicted octanol–water partition coefficient (Wildman–Crippen LogP) is 2.70. The first kappa shape index (κ1) is 10.1. The molecule has 0 bridgehead atoms. The molecule has 1 saturated heterocycles. The number of hydrogen-bond acceptors (Lipinski definition) is 2. The van der Waals surface area contributed by atoms with Gasteiger partial charge in [-0.3, -0.25) is 0 Å². The van der Waals surface area contributed by atoms with Crippen LogP contribution < -0.4 is 5.32 Å². The summed E-state index contributed by atoms with van der Waals surface area (Å²) < 4.78 is 0. The van der Waals surface area contributed by atoms with Crippen molar-refractivity contribution < 1.29 is 0 Å². The Kier molecular flexibility index (Phi) is 3.49. The van der Waals surface area contributed by atoms with Gasteiger partial charge in [0.25, 0.3) is 0 Å². The smallest absolute Gasteiger partial charge is 0.0411 e. The van der Waals surface area contributed by atoms with Crippen molar-refractivity contribution in [2.24, 2.45) is 5.92 Å². The van der Waals surface area contributed by atoms with Crippen molar-refractivity contribution in [2.45, 2.75) is 13.0 Å². The molecule has 0 spiro atoms. The summed E-state index contributed by atoms with van der Waals surface area (Å²) in [5.74, 6) is 3.29. The maximum absolute atomic E-state index is 3.63. The molecule has 14 heavy (non-hydrogen) atoms. The molecule has 2 unspecified atom stereocenters. The first-order valence-corrected chi connectivity index (χ1v) is 6.38. The van der Waals surface area contributed by atoms with Gasteiger partial charge in [-0.25, -0.2) is 0 Å². The Bertz CT molecular complexity index is 273. The van der Waals surface area contributed by atoms with Gasteiger partial charge >= 0.3 is 0 Å². The van der Waals surface area contributed by atoms with Crippen LogP contribution in [-0.4, -0.2) is 18.1 Å². The van der Waals surface area contributed by atoms with E-state index in [0.29, 0.717) is 6.04 Å². The molecule has 2 rings (SSSR count). The van der Waals surface area contributed by atoms with E-state index < -0.39 is 0 Å². The highest BCUT2D eigenvalue weighted by molar-refractivity contribution is 7.99. The van der Waals surface area contributed by atoms with Crippen LogP contribution in [0.15, 0.2) is 30.3 Å². The van der Waals surface area contributed by atoms with Crippen LogP contribution in [0.1, 0.15) is 18.5 Å². The van der Waals surface area contributed by atoms with Gasteiger partial charge < -0.3 is 5.32 Å². The van der Waals surface area contributed by atoms with Crippen LogP contribution in [0.3, 0.4) is 0 Å². The van der Waals surface area contributed by atoms with E-state index >= 15 is 0 Å². The highest BCUT2D eigenvalue weighted by Gasteiger charge is 2.16. The van der Waals surface area contributed by atoms with E-state index in [-0.39, 0.29) is 0 Å². The van der Waals surface area contributed by atoms with Gasteiger partial charge in [-0.1, -0.05) is 37.3 Å². The average molecular weight is 207 g/mol. The van der Waals surface area contributed by atoms with Crippen molar-refractivity contribution in [1.29, 1.82) is 0 Å². The normalized spacial score (nSPS) is 28.4. The van der Waals surface area contributed by atoms with Crippen molar-refractivity contribution >= 4 is 11.8 Å². The summed E-state index contributed by atoms with van der Waals surface area (Å²) in [5, 5.41) is 3.63. The van der Waals surface area contributed by atoms with Crippen LogP contribution in [0.2, 0.25) is 0 Å². The highest BCUT2D eigenvalue weighted by Crippen LogP contribution is 2.23. The molecule has 0 radical (unpaired) electrons. The quantitative estimate of drug-likeness (QED) is 0.760. The molecule has 1 heterocycles. The first-order chi connectivity index (χ1) is 6.86. The fourth-order valence-corrected chi connectivity index (χ4v) is 2.95. The molecule has 1 aromatic carbocycles. The molecule has 1 N–H and O–H groups in total. The van der Waals surface area contributed by atoms with Crippen molar-refractivity contribution in [1.82, 2.24) is 5.32 Å². The predicted molar refractivity (Wildman–Crippen MR) is 63.7 cm³/mol. The van der Waals surface area contributed by atoms with E-state index in [4.69, 9.17) is 0 Å². The summed E-state index contributed by atoms with van der Waals surface area (Å²) in [6.45, 7) is 3.46. The molecule has 2 heteroatoms. The molecule has 2 atom stereocenters. The van der Waals surface area contributed by atoms with Crippen molar-refractivity contribution in [2.75, 3.05) is 18.1 Å². The number of nitrogens with one attached hydrogen (secondary N) is 1. The molecule has 1 aliphatic heterocycles. The Labute approximate surface area is 90.3 Å². The Balaban J connectivity index is 2.04. The first-order valence-electron chi connectivity index (χ1n) is 5.22. The second kappa shape index (κ2) is 4.85. The van der Waals surface area contributed by atoms with Crippen molar-refractivity contribution in [3.63, 3.8) is 0 Å². The van der Waals surface area contributed by atoms with Gasteiger partial charge in [-0.15, -0.1) is 0 Å². The minimum absolute atomic E-state index is 0.547. The Morgan fingerprint density at radius 2 is 2.00 bits per heavy atom. The Hall–Kier alpha value is -0.470. The zero-order valence-corrected chi connectivity index (χ0v) is 9.39. The molecule has 1 aliphatic rings. The Morgan fingerprint density at radius 3 is 2.79 bits per heavy atom. The molecular formula is C12H17NS. The molecule has 0 amide bonds. The van der Waals surface area contributed by atoms with E-state index in [1.54, 1.807) is 0 Å². The lowest BCUT2D eigenvalue weighted by Gasteiger charge is -2.15. The van der Waals surface area contributed by atoms with E-state index in [0.717, 1.165) is 12.5 Å². The zero-order valence-electron chi connectivity index (χ0n) is 8.57. The second-order valence-corrected chi connectivity index (χ2v) is 5.09. The maximum atomic E-state index is 3.63. The third-order valence-electron chi connectivity index (χ3n) is 2.60. The fourth-order valence-electron chi connectivity index (χ4n) is 1.75. The minimum atomic E-state index is 0.547. The molecular weight excluding hydrogens is 190 g/mol. The number of rotatable bonds is 1. The third-order valence-corrected chi connectivity index (χ3v) is 3.98. The number of benzene rings is 1. The molecule has 1 aromatic rings. The summed E-state index contributed by atoms with van der Waals surface area (Å²) in [5.41, 5.74) is 1.43. The van der Waals surface area contributed by atoms with Crippen LogP contribution in [0.25, 0.3) is 0 Å². The van der Waals surface area contributed by atoms with Gasteiger partial charge in [-0.2, -0.15) is 11.8 Å². The minimum Gasteiger partial charge on any atom is -0.309 e. The van der Waals surface area contributed by atoms with Crippen LogP contribution in [0, 0.1) is 5.92 Å². The number of hydrogen-bond donors (Lipinski definition) is 1. The van der Waals surface area contributed by atoms with Crippen LogP contribution in [-0.2, 0) is 0 Å². The van der Waals surface area contributed by atoms with E-state index in [1.807, 2.05) is 0 Å². The lowest BCUT2D eigenvalue weighted by molar-refractivity contribution is 0.517. The van der Waals surface area contributed by atoms with Gasteiger partial charge in [0.15, 0.2) is 0 Å². The maximum Gasteiger partial charge on any atom is 0.0411 e. The van der Waals surface area contributed by atoms with E-state index in [9.17, 15) is 0 Å². The van der Waals surface area contributed by atoms with E-state index in [1.165, 1.54) is 17.1 Å². The number of thioether (sulfide) groups is 1. The molecule has 76 valence electrons. The van der Waals surface area contributed by atoms with Crippen molar-refractivity contribution in [3.05, 3.63) is 35.9 Å². The van der Waals surface area contributed by atoms with Gasteiger partial charge in [0.1, 0.15) is 0 Å². The van der Waals surface area contributed by atoms with E-state index in [2.05, 4.69) is 54.3 Å². The van der Waals surface area contributed by atoms with Gasteiger partial charge in [0.05, 0.1) is 0 Å². The topological polar surface area (TPSA) is 12.0 Å². The third kappa shape index (κ3) is 2.52. The monoisotopic (exact) mass is 207 g/mol. The summed E-state index contributed by atoms with van der Waals surface area (Å²) in [6.07, 6.45) is 0. The Morgan fingerprint density at radius 1 is 1.21 bits per heavy atom. The standard InChI is InChI=1S/C12H17NS/c1-10-7-13-12(9-14-8-10)11-5-3-2-4-6-11/h2-6,10,12-13H,7-9H2,1H3. The SMILES string of the molecule is CC1CNC(c2ccccc2)CSC1. The van der Waals surface area contributed by atoms with Gasteiger partial charge in [0, 0.05) is 11.8 Å². The lowest BCUT2D eigenvalue weighted by atomic mass is 10.1.